The first-order valence-corrected chi connectivity index (χ1v) is 16.6. The predicted molar refractivity (Wildman–Crippen MR) is 177 cm³/mol. The van der Waals surface area contributed by atoms with Crippen LogP contribution in [0.15, 0.2) is 55.9 Å². The van der Waals surface area contributed by atoms with Crippen LogP contribution in [0.4, 0.5) is 0 Å². The lowest BCUT2D eigenvalue weighted by Crippen LogP contribution is -2.40. The molecule has 0 bridgehead atoms. The molecule has 2 aliphatic rings. The first-order chi connectivity index (χ1) is 22.2. The van der Waals surface area contributed by atoms with Gasteiger partial charge in [0.2, 0.25) is 0 Å². The van der Waals surface area contributed by atoms with E-state index in [2.05, 4.69) is 20.9 Å². The van der Waals surface area contributed by atoms with Gasteiger partial charge in [0, 0.05) is 17.6 Å². The summed E-state index contributed by atoms with van der Waals surface area (Å²) in [5.41, 5.74) is 1.66. The van der Waals surface area contributed by atoms with E-state index in [0.717, 1.165) is 25.9 Å². The molecule has 244 valence electrons. The fourth-order valence-electron chi connectivity index (χ4n) is 5.52. The number of rotatable bonds is 11. The second-order valence-electron chi connectivity index (χ2n) is 10.5. The number of aromatic nitrogens is 1. The van der Waals surface area contributed by atoms with Crippen molar-refractivity contribution in [3.8, 4) is 23.0 Å². The highest BCUT2D eigenvalue weighted by Gasteiger charge is 2.35. The third kappa shape index (κ3) is 6.70. The van der Waals surface area contributed by atoms with Crippen molar-refractivity contribution in [2.24, 2.45) is 4.99 Å². The van der Waals surface area contributed by atoms with Gasteiger partial charge < -0.3 is 28.6 Å². The van der Waals surface area contributed by atoms with E-state index in [1.54, 1.807) is 62.3 Å². The van der Waals surface area contributed by atoms with E-state index in [1.807, 2.05) is 6.92 Å². The molecule has 1 fully saturated rings. The highest BCUT2D eigenvalue weighted by Crippen LogP contribution is 2.41. The fraction of sp³-hybridized carbons (Fsp3) is 0.394. The van der Waals surface area contributed by atoms with Crippen molar-refractivity contribution >= 4 is 45.2 Å². The van der Waals surface area contributed by atoms with E-state index in [-0.39, 0.29) is 30.3 Å². The number of fused-ring (bicyclic) bond motifs is 1. The second-order valence-corrected chi connectivity index (χ2v) is 12.4. The number of nitrogens with zero attached hydrogens (tertiary/aromatic N) is 3. The van der Waals surface area contributed by atoms with Crippen molar-refractivity contribution in [2.75, 3.05) is 47.1 Å². The molecule has 11 nitrogen and oxygen atoms in total. The molecule has 0 saturated carbocycles. The Labute approximate surface area is 278 Å². The van der Waals surface area contributed by atoms with Crippen LogP contribution in [-0.2, 0) is 14.3 Å². The quantitative estimate of drug-likeness (QED) is 0.274. The summed E-state index contributed by atoms with van der Waals surface area (Å²) in [5, 5.41) is 0. The zero-order chi connectivity index (χ0) is 33.0. The van der Waals surface area contributed by atoms with Crippen LogP contribution in [0.25, 0.3) is 6.08 Å². The van der Waals surface area contributed by atoms with Crippen LogP contribution in [0, 0.1) is 0 Å². The summed E-state index contributed by atoms with van der Waals surface area (Å²) in [6.45, 7) is 7.29. The molecule has 2 aliphatic heterocycles. The molecule has 1 amide bonds. The van der Waals surface area contributed by atoms with Gasteiger partial charge >= 0.3 is 5.97 Å². The lowest BCUT2D eigenvalue weighted by molar-refractivity contribution is -0.139. The molecule has 46 heavy (non-hydrogen) atoms. The SMILES string of the molecule is CCOC(=O)C1=C(C)N=c2s/c(=C/c3ccc(OCC(=O)N4CCCC4)c(OC)c3)c(=O)n2[C@@H]1c1cc(OCC)c(OC)cc1Br. The standard InChI is InChI=1S/C33H36BrN3O8S/c1-6-43-26-16-21(22(34)17-25(26)42-5)30-29(32(40)44-7-2)19(3)35-33-37(30)31(39)27(46-33)15-20-10-11-23(24(14-20)41-4)45-18-28(38)36-12-8-9-13-36/h10-11,14-17,30H,6-9,12-13,18H2,1-5H3/b27-15+/t30-/m1/s1. The summed E-state index contributed by atoms with van der Waals surface area (Å²) in [7, 11) is 3.06. The van der Waals surface area contributed by atoms with Crippen LogP contribution in [0.3, 0.4) is 0 Å². The highest BCUT2D eigenvalue weighted by atomic mass is 79.9. The number of esters is 1. The van der Waals surface area contributed by atoms with Crippen molar-refractivity contribution < 1.29 is 33.3 Å². The van der Waals surface area contributed by atoms with E-state index in [9.17, 15) is 14.4 Å². The van der Waals surface area contributed by atoms with Crippen molar-refractivity contribution in [3.05, 3.63) is 76.9 Å². The maximum atomic E-state index is 14.1. The van der Waals surface area contributed by atoms with Crippen molar-refractivity contribution in [3.63, 3.8) is 0 Å². The van der Waals surface area contributed by atoms with Crippen molar-refractivity contribution in [1.29, 1.82) is 0 Å². The number of carbonyl (C=O) groups excluding carboxylic acids is 2. The van der Waals surface area contributed by atoms with Crippen molar-refractivity contribution in [1.82, 2.24) is 9.47 Å². The lowest BCUT2D eigenvalue weighted by atomic mass is 9.95. The largest absolute Gasteiger partial charge is 0.493 e. The van der Waals surface area contributed by atoms with Gasteiger partial charge in [0.25, 0.3) is 11.5 Å². The maximum absolute atomic E-state index is 14.1. The van der Waals surface area contributed by atoms with Gasteiger partial charge in [0.05, 0.1) is 49.3 Å². The Balaban J connectivity index is 1.57. The number of amides is 1. The number of hydrogen-bond donors (Lipinski definition) is 0. The van der Waals surface area contributed by atoms with E-state index in [4.69, 9.17) is 23.7 Å². The van der Waals surface area contributed by atoms with Gasteiger partial charge in [0.15, 0.2) is 34.4 Å². The van der Waals surface area contributed by atoms with Gasteiger partial charge in [-0.3, -0.25) is 14.2 Å². The van der Waals surface area contributed by atoms with E-state index in [0.29, 0.717) is 60.2 Å². The Morgan fingerprint density at radius 3 is 2.39 bits per heavy atom. The molecule has 1 atom stereocenters. The Kier molecular flexibility index (Phi) is 10.5. The molecule has 0 aliphatic carbocycles. The summed E-state index contributed by atoms with van der Waals surface area (Å²) in [6.07, 6.45) is 3.75. The topological polar surface area (TPSA) is 118 Å². The number of methoxy groups -OCH3 is 2. The average Bonchev–Trinajstić information content (AvgIpc) is 3.69. The molecule has 13 heteroatoms. The van der Waals surface area contributed by atoms with Crippen LogP contribution < -0.4 is 33.8 Å². The number of thiazole rings is 1. The molecule has 1 aromatic heterocycles. The Bertz CT molecular complexity index is 1860. The molecular formula is C33H36BrN3O8S. The number of ether oxygens (including phenoxy) is 5. The van der Waals surface area contributed by atoms with Gasteiger partial charge in [-0.25, -0.2) is 9.79 Å². The predicted octanol–water partition coefficient (Wildman–Crippen LogP) is 3.98. The molecule has 0 spiro atoms. The van der Waals surface area contributed by atoms with Gasteiger partial charge in [0.1, 0.15) is 0 Å². The molecule has 0 radical (unpaired) electrons. The van der Waals surface area contributed by atoms with Gasteiger partial charge in [-0.1, -0.05) is 33.3 Å². The third-order valence-electron chi connectivity index (χ3n) is 7.69. The lowest BCUT2D eigenvalue weighted by Gasteiger charge is -2.26. The zero-order valence-electron chi connectivity index (χ0n) is 26.4. The van der Waals surface area contributed by atoms with Gasteiger partial charge in [-0.15, -0.1) is 0 Å². The highest BCUT2D eigenvalue weighted by molar-refractivity contribution is 9.10. The Hall–Kier alpha value is -4.10. The average molecular weight is 715 g/mol. The fourth-order valence-corrected chi connectivity index (χ4v) is 7.10. The molecule has 3 aromatic rings. The summed E-state index contributed by atoms with van der Waals surface area (Å²) in [4.78, 5) is 46.9. The van der Waals surface area contributed by atoms with E-state index < -0.39 is 12.0 Å². The minimum Gasteiger partial charge on any atom is -0.493 e. The third-order valence-corrected chi connectivity index (χ3v) is 9.36. The van der Waals surface area contributed by atoms with Crippen LogP contribution in [0.2, 0.25) is 0 Å². The smallest absolute Gasteiger partial charge is 0.338 e. The summed E-state index contributed by atoms with van der Waals surface area (Å²) in [6, 6.07) is 7.92. The Morgan fingerprint density at radius 2 is 1.72 bits per heavy atom. The molecule has 1 saturated heterocycles. The normalized spacial score (nSPS) is 16.2. The van der Waals surface area contributed by atoms with E-state index >= 15 is 0 Å². The van der Waals surface area contributed by atoms with Crippen molar-refractivity contribution in [2.45, 2.75) is 39.7 Å². The zero-order valence-corrected chi connectivity index (χ0v) is 28.8. The monoisotopic (exact) mass is 713 g/mol. The number of hydrogen-bond acceptors (Lipinski definition) is 10. The van der Waals surface area contributed by atoms with Crippen LogP contribution in [-0.4, -0.2) is 68.5 Å². The second kappa shape index (κ2) is 14.5. The summed E-state index contributed by atoms with van der Waals surface area (Å²) < 4.78 is 30.7. The van der Waals surface area contributed by atoms with Crippen LogP contribution in [0.1, 0.15) is 50.8 Å². The Morgan fingerprint density at radius 1 is 1.00 bits per heavy atom. The molecule has 3 heterocycles. The number of allylic oxidation sites excluding steroid dienone is 1. The number of carbonyl (C=O) groups is 2. The summed E-state index contributed by atoms with van der Waals surface area (Å²) >= 11 is 4.84. The van der Waals surface area contributed by atoms with Gasteiger partial charge in [-0.05, 0) is 75.1 Å². The van der Waals surface area contributed by atoms with Gasteiger partial charge in [-0.2, -0.15) is 0 Å². The van der Waals surface area contributed by atoms with Crippen LogP contribution in [0.5, 0.6) is 23.0 Å². The molecule has 2 aromatic carbocycles. The molecule has 0 unspecified atom stereocenters. The number of halogens is 1. The number of benzene rings is 2. The first-order valence-electron chi connectivity index (χ1n) is 15.0. The minimum absolute atomic E-state index is 0.0614. The first kappa shape index (κ1) is 33.3. The molecule has 0 N–H and O–H groups in total. The van der Waals surface area contributed by atoms with Crippen LogP contribution >= 0.6 is 27.3 Å². The maximum Gasteiger partial charge on any atom is 0.338 e. The molecule has 5 rings (SSSR count). The molecular weight excluding hydrogens is 678 g/mol. The minimum atomic E-state index is -0.851. The number of likely N-dealkylation sites (tertiary alicyclic amines) is 1. The summed E-state index contributed by atoms with van der Waals surface area (Å²) in [5.74, 6) is 1.21. The van der Waals surface area contributed by atoms with E-state index in [1.165, 1.54) is 23.0 Å².